The number of hydrogen-bond donors (Lipinski definition) is 1. The number of aryl methyl sites for hydroxylation is 2. The van der Waals surface area contributed by atoms with Crippen molar-refractivity contribution in [1.29, 1.82) is 0 Å². The Balaban J connectivity index is 1.89. The zero-order valence-corrected chi connectivity index (χ0v) is 11.5. The summed E-state index contributed by atoms with van der Waals surface area (Å²) in [5.41, 5.74) is 1.19. The summed E-state index contributed by atoms with van der Waals surface area (Å²) in [6.07, 6.45) is 3.96. The summed E-state index contributed by atoms with van der Waals surface area (Å²) in [7, 11) is 0. The molecule has 0 aliphatic carbocycles. The van der Waals surface area contributed by atoms with E-state index < -0.39 is 0 Å². The zero-order chi connectivity index (χ0) is 13.1. The molecule has 2 rings (SSSR count). The molecule has 0 spiro atoms. The first kappa shape index (κ1) is 12.9. The Labute approximate surface area is 108 Å². The van der Waals surface area contributed by atoms with E-state index in [0.29, 0.717) is 12.1 Å². The molecular weight excluding hydrogens is 226 g/mol. The van der Waals surface area contributed by atoms with E-state index in [0.717, 1.165) is 18.1 Å². The second-order valence-corrected chi connectivity index (χ2v) is 4.92. The fourth-order valence-electron chi connectivity index (χ4n) is 1.90. The number of nitrogens with one attached hydrogen (secondary N) is 1. The molecule has 0 aliphatic heterocycles. The lowest BCUT2D eigenvalue weighted by Gasteiger charge is -2.21. The third-order valence-corrected chi connectivity index (χ3v) is 3.27. The quantitative estimate of drug-likeness (QED) is 0.883. The molecule has 0 fully saturated rings. The van der Waals surface area contributed by atoms with Gasteiger partial charge in [-0.3, -0.25) is 4.68 Å². The monoisotopic (exact) mass is 247 g/mol. The lowest BCUT2D eigenvalue weighted by molar-refractivity contribution is 0.349. The number of rotatable bonds is 5. The Hall–Kier alpha value is -1.55. The van der Waals surface area contributed by atoms with Crippen molar-refractivity contribution < 1.29 is 4.42 Å². The summed E-state index contributed by atoms with van der Waals surface area (Å²) >= 11 is 0. The van der Waals surface area contributed by atoms with E-state index in [9.17, 15) is 0 Å². The second kappa shape index (κ2) is 5.40. The van der Waals surface area contributed by atoms with Crippen LogP contribution in [0.1, 0.15) is 37.0 Å². The van der Waals surface area contributed by atoms with E-state index in [2.05, 4.69) is 37.4 Å². The number of hydrogen-bond acceptors (Lipinski definition) is 3. The van der Waals surface area contributed by atoms with Crippen LogP contribution in [0.3, 0.4) is 0 Å². The topological polar surface area (TPSA) is 43.0 Å². The molecule has 98 valence electrons. The highest BCUT2D eigenvalue weighted by Gasteiger charge is 2.14. The molecule has 0 bridgehead atoms. The van der Waals surface area contributed by atoms with Gasteiger partial charge in [0.15, 0.2) is 0 Å². The van der Waals surface area contributed by atoms with Gasteiger partial charge in [-0.25, -0.2) is 0 Å². The Morgan fingerprint density at radius 2 is 2.11 bits per heavy atom. The smallest absolute Gasteiger partial charge is 0.117 e. The summed E-state index contributed by atoms with van der Waals surface area (Å²) in [4.78, 5) is 0. The van der Waals surface area contributed by atoms with Crippen molar-refractivity contribution >= 4 is 0 Å². The van der Waals surface area contributed by atoms with Crippen molar-refractivity contribution in [1.82, 2.24) is 15.1 Å². The van der Waals surface area contributed by atoms with Crippen LogP contribution in [0.25, 0.3) is 0 Å². The van der Waals surface area contributed by atoms with Crippen molar-refractivity contribution in [2.45, 2.75) is 46.3 Å². The van der Waals surface area contributed by atoms with Gasteiger partial charge in [0.25, 0.3) is 0 Å². The van der Waals surface area contributed by atoms with E-state index in [1.165, 1.54) is 5.56 Å². The second-order valence-electron chi connectivity index (χ2n) is 4.92. The lowest BCUT2D eigenvalue weighted by Crippen LogP contribution is -2.33. The van der Waals surface area contributed by atoms with E-state index in [1.807, 2.05) is 29.9 Å². The van der Waals surface area contributed by atoms with Crippen LogP contribution >= 0.6 is 0 Å². The van der Waals surface area contributed by atoms with Gasteiger partial charge in [-0.05, 0) is 45.4 Å². The highest BCUT2D eigenvalue weighted by Crippen LogP contribution is 2.12. The van der Waals surface area contributed by atoms with Crippen molar-refractivity contribution in [2.24, 2.45) is 0 Å². The largest absolute Gasteiger partial charge is 0.465 e. The zero-order valence-electron chi connectivity index (χ0n) is 11.5. The molecule has 0 unspecified atom stereocenters. The maximum atomic E-state index is 5.54. The fraction of sp³-hybridized carbons (Fsp3) is 0.500. The molecule has 0 aromatic carbocycles. The van der Waals surface area contributed by atoms with Crippen LogP contribution in [0.4, 0.5) is 0 Å². The van der Waals surface area contributed by atoms with Crippen LogP contribution in [0.2, 0.25) is 0 Å². The van der Waals surface area contributed by atoms with Crippen LogP contribution in [-0.4, -0.2) is 15.8 Å². The minimum Gasteiger partial charge on any atom is -0.465 e. The Morgan fingerprint density at radius 3 is 2.67 bits per heavy atom. The van der Waals surface area contributed by atoms with Gasteiger partial charge >= 0.3 is 0 Å². The molecular formula is C14H21N3O. The van der Waals surface area contributed by atoms with E-state index >= 15 is 0 Å². The molecule has 4 heteroatoms. The van der Waals surface area contributed by atoms with Gasteiger partial charge in [-0.15, -0.1) is 0 Å². The first-order chi connectivity index (χ1) is 8.56. The first-order valence-electron chi connectivity index (χ1n) is 6.35. The van der Waals surface area contributed by atoms with Gasteiger partial charge < -0.3 is 9.73 Å². The van der Waals surface area contributed by atoms with Crippen LogP contribution in [0, 0.1) is 13.8 Å². The van der Waals surface area contributed by atoms with E-state index in [-0.39, 0.29) is 0 Å². The molecule has 2 atom stereocenters. The van der Waals surface area contributed by atoms with Gasteiger partial charge in [0, 0.05) is 12.2 Å². The summed E-state index contributed by atoms with van der Waals surface area (Å²) < 4.78 is 7.54. The number of aromatic nitrogens is 2. The van der Waals surface area contributed by atoms with Crippen LogP contribution in [-0.2, 0) is 6.54 Å². The Morgan fingerprint density at radius 1 is 1.33 bits per heavy atom. The summed E-state index contributed by atoms with van der Waals surface area (Å²) in [6.45, 7) is 9.09. The normalized spacial score (nSPS) is 14.7. The molecule has 2 aromatic rings. The molecule has 1 N–H and O–H groups in total. The predicted molar refractivity (Wildman–Crippen MR) is 71.4 cm³/mol. The summed E-state index contributed by atoms with van der Waals surface area (Å²) in [5.74, 6) is 1.93. The van der Waals surface area contributed by atoms with E-state index in [4.69, 9.17) is 4.42 Å². The molecule has 4 nitrogen and oxygen atoms in total. The molecule has 0 aliphatic rings. The summed E-state index contributed by atoms with van der Waals surface area (Å²) in [5, 5.41) is 7.81. The third kappa shape index (κ3) is 3.01. The molecule has 0 radical (unpaired) electrons. The van der Waals surface area contributed by atoms with Crippen LogP contribution < -0.4 is 5.32 Å². The maximum Gasteiger partial charge on any atom is 0.117 e. The van der Waals surface area contributed by atoms with Crippen molar-refractivity contribution in [2.75, 3.05) is 0 Å². The van der Waals surface area contributed by atoms with Gasteiger partial charge in [0.2, 0.25) is 0 Å². The molecule has 2 heterocycles. The molecule has 2 aromatic heterocycles. The standard InChI is InChI=1S/C14H21N3O/c1-10-7-16-17(9-10)13(4)12(3)15-8-14-6-5-11(2)18-14/h5-7,9,12-13,15H,8H2,1-4H3/t12-,13+/m0/s1. The number of nitrogens with zero attached hydrogens (tertiary/aromatic N) is 2. The maximum absolute atomic E-state index is 5.54. The van der Waals surface area contributed by atoms with Crippen molar-refractivity contribution in [3.8, 4) is 0 Å². The number of furan rings is 1. The summed E-state index contributed by atoms with van der Waals surface area (Å²) in [6, 6.07) is 4.64. The first-order valence-corrected chi connectivity index (χ1v) is 6.35. The average molecular weight is 247 g/mol. The predicted octanol–water partition coefficient (Wildman–Crippen LogP) is 2.83. The minimum absolute atomic E-state index is 0.315. The van der Waals surface area contributed by atoms with Crippen LogP contribution in [0.5, 0.6) is 0 Å². The third-order valence-electron chi connectivity index (χ3n) is 3.27. The van der Waals surface area contributed by atoms with E-state index in [1.54, 1.807) is 0 Å². The van der Waals surface area contributed by atoms with Gasteiger partial charge in [0.1, 0.15) is 11.5 Å². The molecule has 0 saturated heterocycles. The van der Waals surface area contributed by atoms with Crippen molar-refractivity contribution in [3.63, 3.8) is 0 Å². The Kier molecular flexibility index (Phi) is 3.87. The van der Waals surface area contributed by atoms with Gasteiger partial charge in [-0.1, -0.05) is 0 Å². The molecule has 18 heavy (non-hydrogen) atoms. The fourth-order valence-corrected chi connectivity index (χ4v) is 1.90. The van der Waals surface area contributed by atoms with Gasteiger partial charge in [-0.2, -0.15) is 5.10 Å². The Bertz CT molecular complexity index is 501. The average Bonchev–Trinajstić information content (AvgIpc) is 2.94. The highest BCUT2D eigenvalue weighted by atomic mass is 16.3. The lowest BCUT2D eigenvalue weighted by atomic mass is 10.1. The highest BCUT2D eigenvalue weighted by molar-refractivity contribution is 5.05. The molecule has 0 amide bonds. The molecule has 0 saturated carbocycles. The van der Waals surface area contributed by atoms with Crippen LogP contribution in [0.15, 0.2) is 28.9 Å². The SMILES string of the molecule is Cc1cnn([C@H](C)[C@H](C)NCc2ccc(C)o2)c1. The van der Waals surface area contributed by atoms with Crippen molar-refractivity contribution in [3.05, 3.63) is 41.6 Å². The van der Waals surface area contributed by atoms with Gasteiger partial charge in [0.05, 0.1) is 18.8 Å². The minimum atomic E-state index is 0.315.